The lowest BCUT2D eigenvalue weighted by molar-refractivity contribution is 0.299. The summed E-state index contributed by atoms with van der Waals surface area (Å²) in [6.07, 6.45) is 0. The summed E-state index contributed by atoms with van der Waals surface area (Å²) in [5.41, 5.74) is 2.53. The predicted octanol–water partition coefficient (Wildman–Crippen LogP) is 5.36. The average molecular weight is 386 g/mol. The maximum absolute atomic E-state index is 13.8. The molecule has 0 radical (unpaired) electrons. The second-order valence-corrected chi connectivity index (χ2v) is 6.46. The Balaban J connectivity index is 1.57. The highest BCUT2D eigenvalue weighted by Crippen LogP contribution is 2.22. The molecule has 0 fully saturated rings. The van der Waals surface area contributed by atoms with Gasteiger partial charge in [0, 0.05) is 24.2 Å². The number of hydrogen-bond donors (Lipinski definition) is 1. The van der Waals surface area contributed by atoms with E-state index in [1.54, 1.807) is 19.2 Å². The minimum absolute atomic E-state index is 0.0869. The van der Waals surface area contributed by atoms with Crippen molar-refractivity contribution in [2.75, 3.05) is 7.11 Å². The number of methoxy groups -OCH3 is 1. The van der Waals surface area contributed by atoms with Crippen LogP contribution in [0.5, 0.6) is 11.5 Å². The van der Waals surface area contributed by atoms with Crippen LogP contribution in [0.2, 0.25) is 5.02 Å². The van der Waals surface area contributed by atoms with E-state index in [9.17, 15) is 4.39 Å². The molecule has 0 heterocycles. The third-order valence-electron chi connectivity index (χ3n) is 4.18. The van der Waals surface area contributed by atoms with E-state index in [0.717, 1.165) is 16.9 Å². The van der Waals surface area contributed by atoms with Crippen LogP contribution in [0, 0.1) is 5.82 Å². The minimum atomic E-state index is -0.364. The van der Waals surface area contributed by atoms with Crippen molar-refractivity contribution in [2.24, 2.45) is 0 Å². The van der Waals surface area contributed by atoms with Crippen LogP contribution in [0.4, 0.5) is 4.39 Å². The summed E-state index contributed by atoms with van der Waals surface area (Å²) < 4.78 is 24.9. The fourth-order valence-corrected chi connectivity index (χ4v) is 2.98. The summed E-state index contributed by atoms with van der Waals surface area (Å²) in [6.45, 7) is 1.46. The lowest BCUT2D eigenvalue weighted by Crippen LogP contribution is -2.13. The molecule has 0 spiro atoms. The molecule has 140 valence electrons. The molecule has 3 rings (SSSR count). The monoisotopic (exact) mass is 385 g/mol. The molecule has 0 unspecified atom stereocenters. The number of ether oxygens (including phenoxy) is 2. The van der Waals surface area contributed by atoms with Crippen molar-refractivity contribution in [3.05, 3.63) is 94.3 Å². The van der Waals surface area contributed by atoms with Crippen LogP contribution in [-0.2, 0) is 19.7 Å². The van der Waals surface area contributed by atoms with Crippen LogP contribution in [0.1, 0.15) is 16.7 Å². The molecule has 0 aliphatic rings. The van der Waals surface area contributed by atoms with Gasteiger partial charge in [-0.1, -0.05) is 48.0 Å². The predicted molar refractivity (Wildman–Crippen MR) is 106 cm³/mol. The van der Waals surface area contributed by atoms with E-state index in [2.05, 4.69) is 5.32 Å². The Bertz CT molecular complexity index is 881. The number of halogens is 2. The summed E-state index contributed by atoms with van der Waals surface area (Å²) in [7, 11) is 1.67. The zero-order valence-corrected chi connectivity index (χ0v) is 15.8. The van der Waals surface area contributed by atoms with Crippen LogP contribution in [0.3, 0.4) is 0 Å². The minimum Gasteiger partial charge on any atom is -0.496 e. The smallest absolute Gasteiger partial charge is 0.131 e. The number of para-hydroxylation sites is 1. The van der Waals surface area contributed by atoms with Gasteiger partial charge in [0.15, 0.2) is 0 Å². The zero-order valence-electron chi connectivity index (χ0n) is 15.0. The first-order valence-corrected chi connectivity index (χ1v) is 9.02. The molecule has 1 N–H and O–H groups in total. The van der Waals surface area contributed by atoms with Gasteiger partial charge in [-0.05, 0) is 35.9 Å². The molecule has 3 nitrogen and oxygen atoms in total. The summed E-state index contributed by atoms with van der Waals surface area (Å²) >= 11 is 6.04. The highest BCUT2D eigenvalue weighted by Gasteiger charge is 2.08. The summed E-state index contributed by atoms with van der Waals surface area (Å²) in [6, 6.07) is 20.2. The Morgan fingerprint density at radius 3 is 2.59 bits per heavy atom. The standard InChI is InChI=1S/C22H21ClFNO2/c1-26-22-11-3-2-7-17(22)14-25-13-16-6-4-8-18(12-16)27-15-19-20(23)9-5-10-21(19)24/h2-12,25H,13-15H2,1H3. The quantitative estimate of drug-likeness (QED) is 0.566. The topological polar surface area (TPSA) is 30.5 Å². The van der Waals surface area contributed by atoms with Crippen LogP contribution < -0.4 is 14.8 Å². The Hall–Kier alpha value is -2.56. The van der Waals surface area contributed by atoms with Crippen molar-refractivity contribution in [2.45, 2.75) is 19.7 Å². The molecule has 0 atom stereocenters. The second kappa shape index (κ2) is 9.40. The molecule has 0 amide bonds. The molecule has 0 saturated heterocycles. The van der Waals surface area contributed by atoms with E-state index in [0.29, 0.717) is 29.4 Å². The average Bonchev–Trinajstić information content (AvgIpc) is 2.68. The van der Waals surface area contributed by atoms with E-state index >= 15 is 0 Å². The molecule has 0 saturated carbocycles. The lowest BCUT2D eigenvalue weighted by atomic mass is 10.1. The van der Waals surface area contributed by atoms with Gasteiger partial charge in [0.05, 0.1) is 12.1 Å². The molecular formula is C22H21ClFNO2. The zero-order chi connectivity index (χ0) is 19.1. The SMILES string of the molecule is COc1ccccc1CNCc1cccc(OCc2c(F)cccc2Cl)c1. The van der Waals surface area contributed by atoms with Gasteiger partial charge in [-0.3, -0.25) is 0 Å². The lowest BCUT2D eigenvalue weighted by Gasteiger charge is -2.11. The van der Waals surface area contributed by atoms with E-state index in [-0.39, 0.29) is 12.4 Å². The third kappa shape index (κ3) is 5.22. The maximum Gasteiger partial charge on any atom is 0.131 e. The van der Waals surface area contributed by atoms with Gasteiger partial charge in [0.25, 0.3) is 0 Å². The van der Waals surface area contributed by atoms with Gasteiger partial charge in [-0.25, -0.2) is 4.39 Å². The van der Waals surface area contributed by atoms with Crippen molar-refractivity contribution < 1.29 is 13.9 Å². The van der Waals surface area contributed by atoms with E-state index in [1.807, 2.05) is 48.5 Å². The number of benzene rings is 3. The second-order valence-electron chi connectivity index (χ2n) is 6.05. The van der Waals surface area contributed by atoms with Crippen molar-refractivity contribution in [1.29, 1.82) is 0 Å². The fourth-order valence-electron chi connectivity index (χ4n) is 2.76. The van der Waals surface area contributed by atoms with E-state index in [1.165, 1.54) is 6.07 Å². The number of hydrogen-bond acceptors (Lipinski definition) is 3. The fraction of sp³-hybridized carbons (Fsp3) is 0.182. The van der Waals surface area contributed by atoms with Crippen molar-refractivity contribution in [3.8, 4) is 11.5 Å². The highest BCUT2D eigenvalue weighted by molar-refractivity contribution is 6.31. The molecule has 0 bridgehead atoms. The molecule has 0 aliphatic heterocycles. The van der Waals surface area contributed by atoms with Gasteiger partial charge in [0.2, 0.25) is 0 Å². The number of rotatable bonds is 8. The maximum atomic E-state index is 13.8. The molecular weight excluding hydrogens is 365 g/mol. The van der Waals surface area contributed by atoms with Crippen LogP contribution in [0.25, 0.3) is 0 Å². The van der Waals surface area contributed by atoms with Crippen LogP contribution in [-0.4, -0.2) is 7.11 Å². The number of nitrogens with one attached hydrogen (secondary N) is 1. The van der Waals surface area contributed by atoms with E-state index in [4.69, 9.17) is 21.1 Å². The first kappa shape index (κ1) is 19.2. The van der Waals surface area contributed by atoms with Crippen molar-refractivity contribution in [3.63, 3.8) is 0 Å². The van der Waals surface area contributed by atoms with Crippen molar-refractivity contribution in [1.82, 2.24) is 5.32 Å². The van der Waals surface area contributed by atoms with Crippen LogP contribution >= 0.6 is 11.6 Å². The van der Waals surface area contributed by atoms with Crippen molar-refractivity contribution >= 4 is 11.6 Å². The summed E-state index contributed by atoms with van der Waals surface area (Å²) in [5, 5.41) is 3.76. The first-order chi connectivity index (χ1) is 13.2. The molecule has 0 aromatic heterocycles. The largest absolute Gasteiger partial charge is 0.496 e. The highest BCUT2D eigenvalue weighted by atomic mass is 35.5. The molecule has 27 heavy (non-hydrogen) atoms. The Kier molecular flexibility index (Phi) is 6.69. The van der Waals surface area contributed by atoms with Gasteiger partial charge >= 0.3 is 0 Å². The Morgan fingerprint density at radius 1 is 0.963 bits per heavy atom. The molecule has 3 aromatic rings. The summed E-state index contributed by atoms with van der Waals surface area (Å²) in [5.74, 6) is 1.17. The molecule has 3 aromatic carbocycles. The van der Waals surface area contributed by atoms with Gasteiger partial charge < -0.3 is 14.8 Å². The van der Waals surface area contributed by atoms with Gasteiger partial charge in [0.1, 0.15) is 23.9 Å². The summed E-state index contributed by atoms with van der Waals surface area (Å²) in [4.78, 5) is 0. The first-order valence-electron chi connectivity index (χ1n) is 8.64. The molecule has 5 heteroatoms. The van der Waals surface area contributed by atoms with Gasteiger partial charge in [-0.2, -0.15) is 0 Å². The van der Waals surface area contributed by atoms with Crippen LogP contribution in [0.15, 0.2) is 66.7 Å². The Labute approximate surface area is 163 Å². The normalized spacial score (nSPS) is 10.6. The van der Waals surface area contributed by atoms with Gasteiger partial charge in [-0.15, -0.1) is 0 Å². The third-order valence-corrected chi connectivity index (χ3v) is 4.53. The van der Waals surface area contributed by atoms with E-state index < -0.39 is 0 Å². The molecule has 0 aliphatic carbocycles. The Morgan fingerprint density at radius 2 is 1.78 bits per heavy atom.